The molecule has 1 aromatic carbocycles. The fourth-order valence-electron chi connectivity index (χ4n) is 5.11. The maximum atomic E-state index is 14.0. The van der Waals surface area contributed by atoms with Gasteiger partial charge < -0.3 is 10.2 Å². The zero-order valence-corrected chi connectivity index (χ0v) is 21.8. The first kappa shape index (κ1) is 26.4. The molecule has 1 aliphatic carbocycles. The van der Waals surface area contributed by atoms with Crippen molar-refractivity contribution in [1.29, 1.82) is 0 Å². The Bertz CT molecular complexity index is 1090. The second kappa shape index (κ2) is 9.10. The quantitative estimate of drug-likeness (QED) is 0.532. The van der Waals surface area contributed by atoms with Crippen molar-refractivity contribution in [3.63, 3.8) is 0 Å². The number of likely N-dealkylation sites (tertiary alicyclic amines) is 1. The van der Waals surface area contributed by atoms with Crippen molar-refractivity contribution < 1.29 is 19.2 Å². The zero-order valence-electron chi connectivity index (χ0n) is 21.8. The van der Waals surface area contributed by atoms with E-state index in [1.165, 1.54) is 16.8 Å². The van der Waals surface area contributed by atoms with Crippen LogP contribution < -0.4 is 5.32 Å². The Morgan fingerprint density at radius 2 is 1.83 bits per heavy atom. The van der Waals surface area contributed by atoms with Gasteiger partial charge >= 0.3 is 18.0 Å². The summed E-state index contributed by atoms with van der Waals surface area (Å²) >= 11 is 0. The molecule has 0 aromatic heterocycles. The van der Waals surface area contributed by atoms with E-state index in [4.69, 9.17) is 6.57 Å². The molecule has 188 valence electrons. The average molecular weight is 481 g/mol. The highest BCUT2D eigenvalue weighted by Gasteiger charge is 2.58. The van der Waals surface area contributed by atoms with E-state index in [-0.39, 0.29) is 24.2 Å². The summed E-state index contributed by atoms with van der Waals surface area (Å²) in [6.07, 6.45) is 0.0182. The van der Waals surface area contributed by atoms with E-state index in [1.54, 1.807) is 20.8 Å². The van der Waals surface area contributed by atoms with Crippen molar-refractivity contribution in [2.75, 3.05) is 13.6 Å². The highest BCUT2D eigenvalue weighted by atomic mass is 16.2. The number of hydrogen-bond acceptors (Lipinski definition) is 4. The molecule has 8 heteroatoms. The van der Waals surface area contributed by atoms with Crippen LogP contribution in [-0.2, 0) is 31.0 Å². The van der Waals surface area contributed by atoms with Gasteiger partial charge in [0.2, 0.25) is 0 Å². The van der Waals surface area contributed by atoms with E-state index in [2.05, 4.69) is 10.2 Å². The number of carbonyl (C=O) groups excluding carboxylic acids is 4. The number of amides is 3. The monoisotopic (exact) mass is 480 g/mol. The maximum Gasteiger partial charge on any atom is 0.312 e. The van der Waals surface area contributed by atoms with E-state index in [9.17, 15) is 19.2 Å². The molecule has 2 aliphatic rings. The van der Waals surface area contributed by atoms with Crippen LogP contribution in [0.1, 0.15) is 65.5 Å². The van der Waals surface area contributed by atoms with Crippen molar-refractivity contribution in [2.24, 2.45) is 5.41 Å². The topological polar surface area (TPSA) is 91.2 Å². The summed E-state index contributed by atoms with van der Waals surface area (Å²) in [6.45, 7) is 19.1. The van der Waals surface area contributed by atoms with Crippen molar-refractivity contribution in [1.82, 2.24) is 15.1 Å². The van der Waals surface area contributed by atoms with E-state index >= 15 is 0 Å². The molecule has 1 unspecified atom stereocenters. The molecule has 1 N–H and O–H groups in total. The molecule has 1 spiro atoms. The van der Waals surface area contributed by atoms with Crippen LogP contribution in [0.25, 0.3) is 4.85 Å². The Labute approximate surface area is 207 Å². The van der Waals surface area contributed by atoms with Gasteiger partial charge in [0.25, 0.3) is 5.91 Å². The van der Waals surface area contributed by atoms with E-state index in [0.29, 0.717) is 12.8 Å². The minimum absolute atomic E-state index is 0.0176. The molecular formula is C27H36N4O4. The number of rotatable bonds is 3. The van der Waals surface area contributed by atoms with Crippen LogP contribution >= 0.6 is 0 Å². The number of hydrogen-bond donors (Lipinski definition) is 1. The first-order chi connectivity index (χ1) is 16.1. The second-order valence-corrected chi connectivity index (χ2v) is 12.0. The molecule has 1 aliphatic heterocycles. The van der Waals surface area contributed by atoms with E-state index in [0.717, 1.165) is 11.1 Å². The Balaban J connectivity index is 1.94. The van der Waals surface area contributed by atoms with Crippen LogP contribution in [-0.4, -0.2) is 64.6 Å². The number of carbonyl (C=O) groups is 4. The van der Waals surface area contributed by atoms with Crippen molar-refractivity contribution in [3.8, 4) is 0 Å². The van der Waals surface area contributed by atoms with Crippen LogP contribution in [0.15, 0.2) is 24.3 Å². The summed E-state index contributed by atoms with van der Waals surface area (Å²) in [4.78, 5) is 59.1. The normalized spacial score (nSPS) is 22.5. The molecule has 1 aromatic rings. The molecule has 8 nitrogen and oxygen atoms in total. The third kappa shape index (κ3) is 5.24. The second-order valence-electron chi connectivity index (χ2n) is 12.0. The van der Waals surface area contributed by atoms with Gasteiger partial charge in [-0.15, -0.1) is 0 Å². The predicted octanol–water partition coefficient (Wildman–Crippen LogP) is 2.71. The van der Waals surface area contributed by atoms with Crippen LogP contribution in [0.2, 0.25) is 0 Å². The van der Waals surface area contributed by atoms with Gasteiger partial charge in [-0.1, -0.05) is 45.0 Å². The lowest BCUT2D eigenvalue weighted by atomic mass is 9.80. The molecule has 3 atom stereocenters. The third-order valence-corrected chi connectivity index (χ3v) is 6.74. The number of nitrogens with zero attached hydrogens (tertiary/aromatic N) is 3. The Kier molecular flexibility index (Phi) is 6.86. The van der Waals surface area contributed by atoms with Gasteiger partial charge in [0.1, 0.15) is 11.8 Å². The minimum Gasteiger partial charge on any atom is -0.343 e. The summed E-state index contributed by atoms with van der Waals surface area (Å²) < 4.78 is 0. The van der Waals surface area contributed by atoms with E-state index in [1.807, 2.05) is 45.0 Å². The van der Waals surface area contributed by atoms with Crippen molar-refractivity contribution in [3.05, 3.63) is 46.8 Å². The van der Waals surface area contributed by atoms with Crippen LogP contribution in [0.4, 0.5) is 0 Å². The summed E-state index contributed by atoms with van der Waals surface area (Å²) in [5.41, 5.74) is -0.0248. The molecule has 3 rings (SSSR count). The number of Topliss-reactive ketones (excluding diaryl/α,β-unsaturated/α-hetero) is 1. The molecule has 0 bridgehead atoms. The first-order valence-corrected chi connectivity index (χ1v) is 12.0. The lowest BCUT2D eigenvalue weighted by Gasteiger charge is -2.35. The summed E-state index contributed by atoms with van der Waals surface area (Å²) in [6, 6.07) is 6.65. The fourth-order valence-corrected chi connectivity index (χ4v) is 5.11. The lowest BCUT2D eigenvalue weighted by molar-refractivity contribution is -0.152. The molecule has 1 heterocycles. The minimum atomic E-state index is -0.945. The third-order valence-electron chi connectivity index (χ3n) is 6.74. The molecular weight excluding hydrogens is 444 g/mol. The number of likely N-dealkylation sites (N-methyl/N-ethyl adjacent to an activating group) is 1. The van der Waals surface area contributed by atoms with Crippen molar-refractivity contribution >= 4 is 23.5 Å². The van der Waals surface area contributed by atoms with Gasteiger partial charge in [0, 0.05) is 25.6 Å². The Hall–Kier alpha value is -3.21. The number of benzene rings is 1. The Morgan fingerprint density at radius 3 is 2.40 bits per heavy atom. The number of ketones is 1. The van der Waals surface area contributed by atoms with Gasteiger partial charge in [0.15, 0.2) is 0 Å². The van der Waals surface area contributed by atoms with Crippen LogP contribution in [0.3, 0.4) is 0 Å². The number of fused-ring (bicyclic) bond motifs is 2. The fraction of sp³-hybridized carbons (Fsp3) is 0.593. The molecule has 1 saturated heterocycles. The van der Waals surface area contributed by atoms with E-state index < -0.39 is 40.9 Å². The molecule has 3 amide bonds. The standard InChI is InChI=1S/C27H36N4O4/c1-25(2,3)14-19(30(8)24(35)22(33)29-26(4,5)6)23(34)31-16-27(15-21(31)28-7)18-12-10-9-11-17(18)13-20(27)32/h9-12,19,21H,13-16H2,1-6,8H3,(H,29,33)/t19-,21-,27?/m0/s1. The largest absolute Gasteiger partial charge is 0.343 e. The summed E-state index contributed by atoms with van der Waals surface area (Å²) in [7, 11) is 1.45. The first-order valence-electron chi connectivity index (χ1n) is 12.0. The van der Waals surface area contributed by atoms with Gasteiger partial charge in [-0.2, -0.15) is 0 Å². The zero-order chi connectivity index (χ0) is 26.3. The summed E-state index contributed by atoms with van der Waals surface area (Å²) in [5, 5.41) is 2.65. The van der Waals surface area contributed by atoms with Crippen LogP contribution in [0, 0.1) is 12.0 Å². The van der Waals surface area contributed by atoms with Gasteiger partial charge in [-0.3, -0.25) is 28.9 Å². The van der Waals surface area contributed by atoms with Gasteiger partial charge in [0.05, 0.1) is 11.8 Å². The molecule has 1 fully saturated rings. The highest BCUT2D eigenvalue weighted by Crippen LogP contribution is 2.46. The molecule has 35 heavy (non-hydrogen) atoms. The average Bonchev–Trinajstić information content (AvgIpc) is 3.27. The van der Waals surface area contributed by atoms with Gasteiger partial charge in [-0.25, -0.2) is 6.57 Å². The summed E-state index contributed by atoms with van der Waals surface area (Å²) in [5.74, 6) is -1.98. The SMILES string of the molecule is [C-]#[N+][C@@H]1CC2(CN1C(=O)[C@H](CC(C)(C)C)N(C)C(=O)C(=O)NC(C)(C)C)C(=O)Cc1ccccc12. The highest BCUT2D eigenvalue weighted by molar-refractivity contribution is 6.35. The van der Waals surface area contributed by atoms with Crippen LogP contribution in [0.5, 0.6) is 0 Å². The molecule has 0 saturated carbocycles. The van der Waals surface area contributed by atoms with Crippen molar-refractivity contribution in [2.45, 2.75) is 84.0 Å². The number of nitrogens with one attached hydrogen (secondary N) is 1. The Morgan fingerprint density at radius 1 is 1.20 bits per heavy atom. The van der Waals surface area contributed by atoms with Gasteiger partial charge in [-0.05, 0) is 43.7 Å². The maximum absolute atomic E-state index is 14.0. The lowest BCUT2D eigenvalue weighted by Crippen LogP contribution is -2.56. The molecule has 0 radical (unpaired) electrons. The smallest absolute Gasteiger partial charge is 0.312 e. The predicted molar refractivity (Wildman–Crippen MR) is 132 cm³/mol.